The van der Waals surface area contributed by atoms with Crippen molar-refractivity contribution in [3.63, 3.8) is 0 Å². The zero-order valence-corrected chi connectivity index (χ0v) is 20.1. The Morgan fingerprint density at radius 3 is 2.63 bits per heavy atom. The molecule has 0 radical (unpaired) electrons. The number of morpholine rings is 1. The molecule has 1 amide bonds. The van der Waals surface area contributed by atoms with Crippen molar-refractivity contribution in [2.75, 3.05) is 57.4 Å². The Bertz CT molecular complexity index is 695. The molecule has 3 aliphatic rings. The summed E-state index contributed by atoms with van der Waals surface area (Å²) >= 11 is 2.29. The molecule has 4 rings (SSSR count). The van der Waals surface area contributed by atoms with E-state index in [9.17, 15) is 4.79 Å². The predicted molar refractivity (Wildman–Crippen MR) is 128 cm³/mol. The van der Waals surface area contributed by atoms with Gasteiger partial charge in [-0.3, -0.25) is 9.69 Å². The molecule has 3 fully saturated rings. The van der Waals surface area contributed by atoms with Gasteiger partial charge in [-0.2, -0.15) is 0 Å². The van der Waals surface area contributed by atoms with Gasteiger partial charge in [0.15, 0.2) is 0 Å². The van der Waals surface area contributed by atoms with E-state index in [0.29, 0.717) is 0 Å². The first-order chi connectivity index (χ1) is 14.6. The molecule has 1 aromatic carbocycles. The standard InChI is InChI=1S/C23H34IN3O3/c1-18-4-2-9-26(18)10-3-13-30-21-7-5-19(6-8-21)27-20(16-22(24)23(27)28)17-25-11-14-29-15-12-25/h5-8,18,20,22H,2-4,9-17H2,1H3/t18?,20-,22?/m0/s1. The van der Waals surface area contributed by atoms with Crippen molar-refractivity contribution < 1.29 is 14.3 Å². The second kappa shape index (κ2) is 10.6. The maximum atomic E-state index is 12.8. The summed E-state index contributed by atoms with van der Waals surface area (Å²) in [6, 6.07) is 9.04. The molecular formula is C23H34IN3O3. The molecule has 0 bridgehead atoms. The van der Waals surface area contributed by atoms with Gasteiger partial charge in [0, 0.05) is 37.9 Å². The Morgan fingerprint density at radius 1 is 1.17 bits per heavy atom. The summed E-state index contributed by atoms with van der Waals surface area (Å²) in [6.45, 7) is 9.79. The van der Waals surface area contributed by atoms with Crippen LogP contribution in [0, 0.1) is 0 Å². The minimum atomic E-state index is 0.0533. The molecule has 7 heteroatoms. The van der Waals surface area contributed by atoms with Crippen molar-refractivity contribution in [2.24, 2.45) is 0 Å². The van der Waals surface area contributed by atoms with Crippen LogP contribution in [0.5, 0.6) is 5.75 Å². The molecule has 0 aliphatic carbocycles. The van der Waals surface area contributed by atoms with Crippen molar-refractivity contribution in [1.82, 2.24) is 9.80 Å². The van der Waals surface area contributed by atoms with E-state index in [0.717, 1.165) is 76.3 Å². The fourth-order valence-corrected chi connectivity index (χ4v) is 5.72. The Kier molecular flexibility index (Phi) is 7.89. The van der Waals surface area contributed by atoms with Crippen LogP contribution in [-0.2, 0) is 9.53 Å². The van der Waals surface area contributed by atoms with Gasteiger partial charge in [-0.15, -0.1) is 0 Å². The number of likely N-dealkylation sites (tertiary alicyclic amines) is 1. The smallest absolute Gasteiger partial charge is 0.240 e. The van der Waals surface area contributed by atoms with Gasteiger partial charge in [0.1, 0.15) is 5.75 Å². The zero-order chi connectivity index (χ0) is 20.9. The number of amides is 1. The largest absolute Gasteiger partial charge is 0.494 e. The van der Waals surface area contributed by atoms with E-state index in [1.165, 1.54) is 19.4 Å². The third kappa shape index (κ3) is 5.47. The summed E-state index contributed by atoms with van der Waals surface area (Å²) in [4.78, 5) is 19.8. The molecule has 2 unspecified atom stereocenters. The van der Waals surface area contributed by atoms with Gasteiger partial charge >= 0.3 is 0 Å². The summed E-state index contributed by atoms with van der Waals surface area (Å²) in [7, 11) is 0. The van der Waals surface area contributed by atoms with Gasteiger partial charge in [0.2, 0.25) is 5.91 Å². The Balaban J connectivity index is 1.30. The van der Waals surface area contributed by atoms with Gasteiger partial charge in [-0.25, -0.2) is 0 Å². The minimum absolute atomic E-state index is 0.0533. The first-order valence-electron chi connectivity index (χ1n) is 11.4. The van der Waals surface area contributed by atoms with Crippen LogP contribution >= 0.6 is 22.6 Å². The summed E-state index contributed by atoms with van der Waals surface area (Å²) in [5.41, 5.74) is 0.982. The van der Waals surface area contributed by atoms with Crippen molar-refractivity contribution in [3.8, 4) is 5.75 Å². The van der Waals surface area contributed by atoms with Crippen molar-refractivity contribution in [2.45, 2.75) is 48.6 Å². The van der Waals surface area contributed by atoms with Gasteiger partial charge in [-0.1, -0.05) is 22.6 Å². The lowest BCUT2D eigenvalue weighted by Gasteiger charge is -2.32. The maximum Gasteiger partial charge on any atom is 0.240 e. The summed E-state index contributed by atoms with van der Waals surface area (Å²) < 4.78 is 11.5. The molecule has 6 nitrogen and oxygen atoms in total. The highest BCUT2D eigenvalue weighted by atomic mass is 127. The van der Waals surface area contributed by atoms with E-state index in [-0.39, 0.29) is 15.9 Å². The average Bonchev–Trinajstić information content (AvgIpc) is 3.29. The van der Waals surface area contributed by atoms with Gasteiger partial charge in [0.25, 0.3) is 0 Å². The number of hydrogen-bond donors (Lipinski definition) is 0. The number of hydrogen-bond acceptors (Lipinski definition) is 5. The van der Waals surface area contributed by atoms with Crippen LogP contribution in [0.25, 0.3) is 0 Å². The highest BCUT2D eigenvalue weighted by Gasteiger charge is 2.39. The van der Waals surface area contributed by atoms with Crippen LogP contribution < -0.4 is 9.64 Å². The number of anilines is 1. The average molecular weight is 527 g/mol. The number of carbonyl (C=O) groups is 1. The molecule has 30 heavy (non-hydrogen) atoms. The number of benzene rings is 1. The lowest BCUT2D eigenvalue weighted by Crippen LogP contribution is -2.46. The number of nitrogens with zero attached hydrogens (tertiary/aromatic N) is 3. The SMILES string of the molecule is CC1CCCN1CCCOc1ccc(N2C(=O)C(I)C[C@H]2CN2CCOCC2)cc1. The Hall–Kier alpha value is -0.900. The lowest BCUT2D eigenvalue weighted by atomic mass is 10.2. The highest BCUT2D eigenvalue weighted by Crippen LogP contribution is 2.32. The predicted octanol–water partition coefficient (Wildman–Crippen LogP) is 3.18. The van der Waals surface area contributed by atoms with Gasteiger partial charge in [0.05, 0.1) is 29.8 Å². The van der Waals surface area contributed by atoms with Crippen molar-refractivity contribution >= 4 is 34.2 Å². The van der Waals surface area contributed by atoms with Crippen molar-refractivity contribution in [1.29, 1.82) is 0 Å². The molecule has 3 atom stereocenters. The molecule has 3 saturated heterocycles. The molecule has 0 aromatic heterocycles. The minimum Gasteiger partial charge on any atom is -0.494 e. The molecule has 166 valence electrons. The van der Waals surface area contributed by atoms with Gasteiger partial charge < -0.3 is 19.3 Å². The molecule has 1 aromatic rings. The molecule has 0 spiro atoms. The number of halogens is 1. The topological polar surface area (TPSA) is 45.2 Å². The van der Waals surface area contributed by atoms with Gasteiger partial charge in [-0.05, 0) is 63.4 Å². The molecule has 3 aliphatic heterocycles. The van der Waals surface area contributed by atoms with E-state index in [1.54, 1.807) is 0 Å². The van der Waals surface area contributed by atoms with Crippen LogP contribution in [-0.4, -0.2) is 84.3 Å². The first kappa shape index (κ1) is 22.3. The Morgan fingerprint density at radius 2 is 1.93 bits per heavy atom. The van der Waals surface area contributed by atoms with E-state index >= 15 is 0 Å². The number of alkyl halides is 1. The maximum absolute atomic E-state index is 12.8. The number of carbonyl (C=O) groups excluding carboxylic acids is 1. The fourth-order valence-electron chi connectivity index (χ4n) is 4.84. The third-order valence-corrected chi connectivity index (χ3v) is 7.63. The van der Waals surface area contributed by atoms with Crippen LogP contribution in [0.3, 0.4) is 0 Å². The molecular weight excluding hydrogens is 493 g/mol. The zero-order valence-electron chi connectivity index (χ0n) is 18.0. The number of ether oxygens (including phenoxy) is 2. The second-order valence-corrected chi connectivity index (χ2v) is 10.2. The monoisotopic (exact) mass is 527 g/mol. The quantitative estimate of drug-likeness (QED) is 0.295. The summed E-state index contributed by atoms with van der Waals surface area (Å²) in [5.74, 6) is 1.11. The lowest BCUT2D eigenvalue weighted by molar-refractivity contribution is -0.116. The van der Waals surface area contributed by atoms with E-state index in [2.05, 4.69) is 39.3 Å². The molecule has 0 saturated carbocycles. The van der Waals surface area contributed by atoms with E-state index in [4.69, 9.17) is 9.47 Å². The number of rotatable bonds is 8. The third-order valence-electron chi connectivity index (χ3n) is 6.59. The normalized spacial score (nSPS) is 28.4. The Labute approximate surface area is 194 Å². The van der Waals surface area contributed by atoms with Crippen LogP contribution in [0.2, 0.25) is 0 Å². The summed E-state index contributed by atoms with van der Waals surface area (Å²) in [5, 5.41) is 0. The fraction of sp³-hybridized carbons (Fsp3) is 0.696. The molecule has 3 heterocycles. The van der Waals surface area contributed by atoms with Crippen LogP contribution in [0.4, 0.5) is 5.69 Å². The van der Waals surface area contributed by atoms with Crippen LogP contribution in [0.1, 0.15) is 32.6 Å². The first-order valence-corrected chi connectivity index (χ1v) is 12.6. The van der Waals surface area contributed by atoms with E-state index in [1.807, 2.05) is 29.2 Å². The van der Waals surface area contributed by atoms with E-state index < -0.39 is 0 Å². The molecule has 0 N–H and O–H groups in total. The van der Waals surface area contributed by atoms with Crippen LogP contribution in [0.15, 0.2) is 24.3 Å². The highest BCUT2D eigenvalue weighted by molar-refractivity contribution is 14.1. The van der Waals surface area contributed by atoms with Crippen molar-refractivity contribution in [3.05, 3.63) is 24.3 Å². The second-order valence-electron chi connectivity index (χ2n) is 8.70. The summed E-state index contributed by atoms with van der Waals surface area (Å²) in [6.07, 6.45) is 4.60.